The quantitative estimate of drug-likeness (QED) is 0.0851. The summed E-state index contributed by atoms with van der Waals surface area (Å²) < 4.78 is 10.8. The molecular formula is C64H60N2O2. The lowest BCUT2D eigenvalue weighted by molar-refractivity contribution is 0.414. The maximum atomic E-state index is 5.38. The minimum absolute atomic E-state index is 0.852. The Bertz CT molecular complexity index is 2840. The van der Waals surface area contributed by atoms with Gasteiger partial charge >= 0.3 is 0 Å². The molecule has 8 aromatic carbocycles. The number of hydrogen-bond donors (Lipinski definition) is 0. The number of nitrogens with zero attached hydrogens (tertiary/aromatic N) is 2. The lowest BCUT2D eigenvalue weighted by Crippen LogP contribution is -2.13. The highest BCUT2D eigenvalue weighted by Crippen LogP contribution is 2.42. The van der Waals surface area contributed by atoms with Crippen molar-refractivity contribution in [2.45, 2.75) is 40.5 Å². The van der Waals surface area contributed by atoms with Gasteiger partial charge in [-0.3, -0.25) is 0 Å². The molecule has 68 heavy (non-hydrogen) atoms. The number of anilines is 6. The Balaban J connectivity index is 1.05. The summed E-state index contributed by atoms with van der Waals surface area (Å²) in [7, 11) is 3.39. The van der Waals surface area contributed by atoms with Crippen molar-refractivity contribution in [3.05, 3.63) is 251 Å². The van der Waals surface area contributed by atoms with Crippen LogP contribution in [-0.2, 0) is 12.8 Å². The average molecular weight is 889 g/mol. The van der Waals surface area contributed by atoms with E-state index in [2.05, 4.69) is 232 Å². The standard InChI is InChI=1S/C64H60N2O2/c1-7-53-25-13-17-47(3)63(53)65(57-37-29-49(30-38-57)19-9-11-21-51-23-15-27-61(45-51)67-5)59-41-33-55(34-42-59)56-35-43-60(44-36-56)66(64-48(4)18-14-26-54(64)8-2)58-39-31-50(32-40-58)20-10-12-22-52-24-16-28-62(46-52)68-6/h9-46H,7-8H2,1-6H3/b19-9+,20-10+,21-11+,22-12+. The summed E-state index contributed by atoms with van der Waals surface area (Å²) in [6.45, 7) is 8.89. The molecule has 0 aliphatic carbocycles. The second kappa shape index (κ2) is 22.4. The van der Waals surface area contributed by atoms with Gasteiger partial charge in [0.1, 0.15) is 11.5 Å². The van der Waals surface area contributed by atoms with E-state index in [1.54, 1.807) is 14.2 Å². The molecule has 0 radical (unpaired) electrons. The molecule has 8 aromatic rings. The second-order valence-electron chi connectivity index (χ2n) is 16.8. The fourth-order valence-electron chi connectivity index (χ4n) is 8.70. The van der Waals surface area contributed by atoms with E-state index in [9.17, 15) is 0 Å². The van der Waals surface area contributed by atoms with Gasteiger partial charge in [0.05, 0.1) is 25.6 Å². The third-order valence-corrected chi connectivity index (χ3v) is 12.3. The van der Waals surface area contributed by atoms with Gasteiger partial charge in [0.25, 0.3) is 0 Å². The molecule has 0 bridgehead atoms. The van der Waals surface area contributed by atoms with Crippen LogP contribution >= 0.6 is 0 Å². The van der Waals surface area contributed by atoms with Crippen molar-refractivity contribution < 1.29 is 9.47 Å². The molecule has 338 valence electrons. The number of aryl methyl sites for hydroxylation is 4. The summed E-state index contributed by atoms with van der Waals surface area (Å²) in [6, 6.07) is 65.0. The number of para-hydroxylation sites is 2. The molecule has 8 rings (SSSR count). The van der Waals surface area contributed by atoms with Gasteiger partial charge in [0.15, 0.2) is 0 Å². The number of benzene rings is 8. The third-order valence-electron chi connectivity index (χ3n) is 12.3. The van der Waals surface area contributed by atoms with Crippen LogP contribution in [0.25, 0.3) is 35.4 Å². The molecule has 0 aromatic heterocycles. The van der Waals surface area contributed by atoms with Crippen molar-refractivity contribution in [2.75, 3.05) is 24.0 Å². The van der Waals surface area contributed by atoms with Crippen LogP contribution in [0.2, 0.25) is 0 Å². The van der Waals surface area contributed by atoms with Gasteiger partial charge in [0, 0.05) is 22.7 Å². The average Bonchev–Trinajstić information content (AvgIpc) is 3.39. The number of rotatable bonds is 17. The first-order valence-corrected chi connectivity index (χ1v) is 23.5. The number of ether oxygens (including phenoxy) is 2. The molecule has 0 unspecified atom stereocenters. The molecule has 0 atom stereocenters. The fourth-order valence-corrected chi connectivity index (χ4v) is 8.70. The maximum absolute atomic E-state index is 5.38. The minimum Gasteiger partial charge on any atom is -0.497 e. The predicted octanol–water partition coefficient (Wildman–Crippen LogP) is 17.5. The highest BCUT2D eigenvalue weighted by Gasteiger charge is 2.20. The molecule has 0 amide bonds. The van der Waals surface area contributed by atoms with Crippen LogP contribution in [0.4, 0.5) is 34.1 Å². The Morgan fingerprint density at radius 3 is 1.03 bits per heavy atom. The van der Waals surface area contributed by atoms with Crippen molar-refractivity contribution in [3.8, 4) is 22.6 Å². The highest BCUT2D eigenvalue weighted by molar-refractivity contribution is 5.84. The lowest BCUT2D eigenvalue weighted by Gasteiger charge is -2.30. The maximum Gasteiger partial charge on any atom is 0.119 e. The third kappa shape index (κ3) is 11.1. The van der Waals surface area contributed by atoms with Crippen LogP contribution in [0.5, 0.6) is 11.5 Å². The minimum atomic E-state index is 0.852. The summed E-state index contributed by atoms with van der Waals surface area (Å²) in [5.74, 6) is 1.70. The second-order valence-corrected chi connectivity index (χ2v) is 16.8. The van der Waals surface area contributed by atoms with E-state index >= 15 is 0 Å². The largest absolute Gasteiger partial charge is 0.497 e. The van der Waals surface area contributed by atoms with E-state index in [1.807, 2.05) is 36.4 Å². The van der Waals surface area contributed by atoms with E-state index in [4.69, 9.17) is 9.47 Å². The van der Waals surface area contributed by atoms with Gasteiger partial charge in [-0.15, -0.1) is 0 Å². The van der Waals surface area contributed by atoms with Crippen molar-refractivity contribution in [3.63, 3.8) is 0 Å². The van der Waals surface area contributed by atoms with Gasteiger partial charge in [0.2, 0.25) is 0 Å². The Morgan fingerprint density at radius 2 is 0.691 bits per heavy atom. The van der Waals surface area contributed by atoms with Gasteiger partial charge in [-0.2, -0.15) is 0 Å². The Kier molecular flexibility index (Phi) is 15.3. The van der Waals surface area contributed by atoms with Crippen molar-refractivity contribution in [2.24, 2.45) is 0 Å². The normalized spacial score (nSPS) is 11.6. The smallest absolute Gasteiger partial charge is 0.119 e. The van der Waals surface area contributed by atoms with E-state index in [1.165, 1.54) is 33.6 Å². The van der Waals surface area contributed by atoms with Crippen molar-refractivity contribution >= 4 is 58.4 Å². The highest BCUT2D eigenvalue weighted by atomic mass is 16.5. The first-order chi connectivity index (χ1) is 33.3. The molecule has 0 saturated carbocycles. The molecule has 0 aliphatic rings. The topological polar surface area (TPSA) is 24.9 Å². The van der Waals surface area contributed by atoms with Crippen LogP contribution < -0.4 is 19.3 Å². The van der Waals surface area contributed by atoms with Gasteiger partial charge in [-0.1, -0.05) is 172 Å². The molecule has 4 heteroatoms. The fraction of sp³-hybridized carbons (Fsp3) is 0.125. The predicted molar refractivity (Wildman–Crippen MR) is 292 cm³/mol. The molecule has 0 saturated heterocycles. The Labute approximate surface area is 404 Å². The number of methoxy groups -OCH3 is 2. The van der Waals surface area contributed by atoms with Crippen LogP contribution in [-0.4, -0.2) is 14.2 Å². The Morgan fingerprint density at radius 1 is 0.368 bits per heavy atom. The number of allylic oxidation sites excluding steroid dienone is 4. The monoisotopic (exact) mass is 888 g/mol. The first kappa shape index (κ1) is 46.4. The van der Waals surface area contributed by atoms with E-state index in [0.29, 0.717) is 0 Å². The van der Waals surface area contributed by atoms with Gasteiger partial charge < -0.3 is 19.3 Å². The zero-order chi connectivity index (χ0) is 47.2. The van der Waals surface area contributed by atoms with Crippen LogP contribution in [0, 0.1) is 13.8 Å². The molecule has 0 spiro atoms. The van der Waals surface area contributed by atoms with Gasteiger partial charge in [-0.05, 0) is 155 Å². The van der Waals surface area contributed by atoms with Crippen LogP contribution in [0.15, 0.2) is 206 Å². The zero-order valence-electron chi connectivity index (χ0n) is 40.1. The first-order valence-electron chi connectivity index (χ1n) is 23.5. The summed E-state index contributed by atoms with van der Waals surface area (Å²) in [6.07, 6.45) is 18.6. The summed E-state index contributed by atoms with van der Waals surface area (Å²) in [4.78, 5) is 4.81. The molecule has 4 nitrogen and oxygen atoms in total. The molecule has 0 heterocycles. The van der Waals surface area contributed by atoms with E-state index < -0.39 is 0 Å². The van der Waals surface area contributed by atoms with Crippen molar-refractivity contribution in [1.82, 2.24) is 0 Å². The SMILES string of the molecule is CCc1cccc(C)c1N(c1ccc(/C=C/C=C/c2cccc(OC)c2)cc1)c1ccc(-c2ccc(N(c3ccc(/C=C/C=C/c4cccc(OC)c4)cc3)c3c(C)cccc3CC)cc2)cc1. The van der Waals surface area contributed by atoms with Gasteiger partial charge in [-0.25, -0.2) is 0 Å². The van der Waals surface area contributed by atoms with Crippen molar-refractivity contribution in [1.29, 1.82) is 0 Å². The summed E-state index contributed by atoms with van der Waals surface area (Å²) in [5.41, 5.74) is 18.8. The lowest BCUT2D eigenvalue weighted by atomic mass is 10.0. The van der Waals surface area contributed by atoms with Crippen LogP contribution in [0.3, 0.4) is 0 Å². The molecule has 0 aliphatic heterocycles. The number of hydrogen-bond acceptors (Lipinski definition) is 4. The molecular weight excluding hydrogens is 829 g/mol. The zero-order valence-corrected chi connectivity index (χ0v) is 40.1. The van der Waals surface area contributed by atoms with E-state index in [0.717, 1.165) is 80.5 Å². The summed E-state index contributed by atoms with van der Waals surface area (Å²) in [5, 5.41) is 0. The molecule has 0 fully saturated rings. The van der Waals surface area contributed by atoms with E-state index in [-0.39, 0.29) is 0 Å². The summed E-state index contributed by atoms with van der Waals surface area (Å²) >= 11 is 0. The molecule has 0 N–H and O–H groups in total. The van der Waals surface area contributed by atoms with Crippen LogP contribution in [0.1, 0.15) is 58.4 Å². The Hall–Kier alpha value is -8.08.